The van der Waals surface area contributed by atoms with Crippen molar-refractivity contribution in [2.24, 2.45) is 16.6 Å². The van der Waals surface area contributed by atoms with Crippen molar-refractivity contribution in [2.45, 2.75) is 71.4 Å². The van der Waals surface area contributed by atoms with Gasteiger partial charge in [-0.05, 0) is 23.7 Å². The van der Waals surface area contributed by atoms with E-state index in [1.807, 2.05) is 0 Å². The average molecular weight is 275 g/mol. The lowest BCUT2D eigenvalue weighted by atomic mass is 9.82. The summed E-state index contributed by atoms with van der Waals surface area (Å²) in [6, 6.07) is 0.268. The maximum atomic E-state index is 12.3. The molecule has 3 nitrogen and oxygen atoms in total. The fourth-order valence-electron chi connectivity index (χ4n) is 3.24. The Morgan fingerprint density at radius 1 is 1.06 bits per heavy atom. The highest BCUT2D eigenvalue weighted by atomic mass is 35.5. The molecule has 106 valence electrons. The van der Waals surface area contributed by atoms with Gasteiger partial charge < -0.3 is 11.1 Å². The third kappa shape index (κ3) is 2.27. The zero-order chi connectivity index (χ0) is 12.9. The molecular weight excluding hydrogens is 248 g/mol. The van der Waals surface area contributed by atoms with Gasteiger partial charge in [0.15, 0.2) is 0 Å². The van der Waals surface area contributed by atoms with Crippen molar-refractivity contribution in [1.29, 1.82) is 0 Å². The number of hydrogen-bond donors (Lipinski definition) is 2. The van der Waals surface area contributed by atoms with Crippen molar-refractivity contribution in [2.75, 3.05) is 0 Å². The molecular formula is C14H27ClN2O. The number of carbonyl (C=O) groups is 1. The van der Waals surface area contributed by atoms with Gasteiger partial charge in [0.25, 0.3) is 0 Å². The van der Waals surface area contributed by atoms with Gasteiger partial charge in [-0.3, -0.25) is 4.79 Å². The number of nitrogens with one attached hydrogen (secondary N) is 1. The maximum absolute atomic E-state index is 12.3. The van der Waals surface area contributed by atoms with Gasteiger partial charge in [-0.2, -0.15) is 0 Å². The minimum absolute atomic E-state index is 0. The Labute approximate surface area is 117 Å². The molecule has 2 fully saturated rings. The standard InChI is InChI=1S/C14H26N2O.ClH/c1-12(2)10(13(12,3)4)16-11(17)14(15)8-6-5-7-9-14;/h10H,5-9,15H2,1-4H3,(H,16,17);1H. The first kappa shape index (κ1) is 15.8. The summed E-state index contributed by atoms with van der Waals surface area (Å²) in [6.07, 6.45) is 5.06. The number of halogens is 1. The number of amides is 1. The summed E-state index contributed by atoms with van der Waals surface area (Å²) in [5.41, 5.74) is 6.02. The normalized spacial score (nSPS) is 28.1. The van der Waals surface area contributed by atoms with Crippen LogP contribution in [0.4, 0.5) is 0 Å². The minimum atomic E-state index is -0.604. The molecule has 2 aliphatic rings. The van der Waals surface area contributed by atoms with E-state index in [1.165, 1.54) is 6.42 Å². The van der Waals surface area contributed by atoms with E-state index in [4.69, 9.17) is 5.73 Å². The first-order chi connectivity index (χ1) is 7.72. The fourth-order valence-corrected chi connectivity index (χ4v) is 3.24. The summed E-state index contributed by atoms with van der Waals surface area (Å²) < 4.78 is 0. The average Bonchev–Trinajstić information content (AvgIpc) is 2.62. The van der Waals surface area contributed by atoms with Crippen LogP contribution in [0.1, 0.15) is 59.8 Å². The first-order valence-corrected chi connectivity index (χ1v) is 6.82. The van der Waals surface area contributed by atoms with E-state index in [-0.39, 0.29) is 35.2 Å². The minimum Gasteiger partial charge on any atom is -0.351 e. The van der Waals surface area contributed by atoms with Crippen molar-refractivity contribution in [3.05, 3.63) is 0 Å². The third-order valence-corrected chi connectivity index (χ3v) is 5.49. The molecule has 0 bridgehead atoms. The monoisotopic (exact) mass is 274 g/mol. The van der Waals surface area contributed by atoms with Gasteiger partial charge in [0.2, 0.25) is 5.91 Å². The van der Waals surface area contributed by atoms with Crippen LogP contribution in [-0.2, 0) is 4.79 Å². The summed E-state index contributed by atoms with van der Waals surface area (Å²) in [7, 11) is 0. The molecule has 2 aliphatic carbocycles. The highest BCUT2D eigenvalue weighted by Crippen LogP contribution is 2.62. The van der Waals surface area contributed by atoms with Crippen LogP contribution in [0.5, 0.6) is 0 Å². The summed E-state index contributed by atoms with van der Waals surface area (Å²) in [6.45, 7) is 8.84. The van der Waals surface area contributed by atoms with Crippen LogP contribution in [0.3, 0.4) is 0 Å². The topological polar surface area (TPSA) is 55.1 Å². The molecule has 0 aromatic rings. The van der Waals surface area contributed by atoms with E-state index in [1.54, 1.807) is 0 Å². The molecule has 0 radical (unpaired) electrons. The summed E-state index contributed by atoms with van der Waals surface area (Å²) in [4.78, 5) is 12.3. The highest BCUT2D eigenvalue weighted by Gasteiger charge is 2.66. The molecule has 0 unspecified atom stereocenters. The SMILES string of the molecule is CC1(C)C(NC(=O)C2(N)CCCCC2)C1(C)C.Cl. The quantitative estimate of drug-likeness (QED) is 0.813. The van der Waals surface area contributed by atoms with E-state index in [9.17, 15) is 4.79 Å². The van der Waals surface area contributed by atoms with Crippen LogP contribution in [-0.4, -0.2) is 17.5 Å². The van der Waals surface area contributed by atoms with E-state index < -0.39 is 5.54 Å². The summed E-state index contributed by atoms with van der Waals surface area (Å²) in [5.74, 6) is 0.0702. The fraction of sp³-hybridized carbons (Fsp3) is 0.929. The predicted molar refractivity (Wildman–Crippen MR) is 76.7 cm³/mol. The van der Waals surface area contributed by atoms with Gasteiger partial charge in [0.1, 0.15) is 0 Å². The van der Waals surface area contributed by atoms with Gasteiger partial charge in [0.05, 0.1) is 5.54 Å². The second-order valence-electron chi connectivity index (χ2n) is 7.07. The van der Waals surface area contributed by atoms with Gasteiger partial charge in [-0.1, -0.05) is 47.0 Å². The van der Waals surface area contributed by atoms with Crippen LogP contribution in [0.25, 0.3) is 0 Å². The van der Waals surface area contributed by atoms with E-state index in [0.717, 1.165) is 25.7 Å². The van der Waals surface area contributed by atoms with Crippen molar-refractivity contribution in [3.63, 3.8) is 0 Å². The molecule has 0 aromatic carbocycles. The molecule has 2 rings (SSSR count). The van der Waals surface area contributed by atoms with Crippen LogP contribution < -0.4 is 11.1 Å². The van der Waals surface area contributed by atoms with Gasteiger partial charge in [-0.25, -0.2) is 0 Å². The van der Waals surface area contributed by atoms with Crippen molar-refractivity contribution in [1.82, 2.24) is 5.32 Å². The molecule has 2 saturated carbocycles. The Morgan fingerprint density at radius 2 is 1.50 bits per heavy atom. The van der Waals surface area contributed by atoms with Crippen molar-refractivity contribution in [3.8, 4) is 0 Å². The van der Waals surface area contributed by atoms with Gasteiger partial charge in [-0.15, -0.1) is 12.4 Å². The number of nitrogens with two attached hydrogens (primary N) is 1. The molecule has 0 aliphatic heterocycles. The smallest absolute Gasteiger partial charge is 0.240 e. The highest BCUT2D eigenvalue weighted by molar-refractivity contribution is 5.87. The largest absolute Gasteiger partial charge is 0.351 e. The molecule has 0 atom stereocenters. The molecule has 4 heteroatoms. The van der Waals surface area contributed by atoms with Crippen molar-refractivity contribution < 1.29 is 4.79 Å². The second-order valence-corrected chi connectivity index (χ2v) is 7.07. The lowest BCUT2D eigenvalue weighted by Crippen LogP contribution is -2.56. The Hall–Kier alpha value is -0.280. The summed E-state index contributed by atoms with van der Waals surface area (Å²) >= 11 is 0. The number of hydrogen-bond acceptors (Lipinski definition) is 2. The molecule has 0 heterocycles. The van der Waals surface area contributed by atoms with Crippen LogP contribution in [0, 0.1) is 10.8 Å². The van der Waals surface area contributed by atoms with Crippen LogP contribution in [0.15, 0.2) is 0 Å². The second kappa shape index (κ2) is 4.68. The zero-order valence-electron chi connectivity index (χ0n) is 12.0. The van der Waals surface area contributed by atoms with E-state index in [0.29, 0.717) is 0 Å². The number of rotatable bonds is 2. The number of carbonyl (C=O) groups excluding carboxylic acids is 1. The molecule has 0 saturated heterocycles. The lowest BCUT2D eigenvalue weighted by molar-refractivity contribution is -0.127. The molecule has 0 aromatic heterocycles. The Kier molecular flexibility index (Phi) is 4.10. The lowest BCUT2D eigenvalue weighted by Gasteiger charge is -2.32. The molecule has 3 N–H and O–H groups in total. The Balaban J connectivity index is 0.00000162. The maximum Gasteiger partial charge on any atom is 0.240 e. The molecule has 1 amide bonds. The van der Waals surface area contributed by atoms with E-state index in [2.05, 4.69) is 33.0 Å². The molecule has 0 spiro atoms. The van der Waals surface area contributed by atoms with Gasteiger partial charge in [0, 0.05) is 6.04 Å². The zero-order valence-corrected chi connectivity index (χ0v) is 12.8. The molecule has 18 heavy (non-hydrogen) atoms. The first-order valence-electron chi connectivity index (χ1n) is 6.82. The van der Waals surface area contributed by atoms with Crippen LogP contribution >= 0.6 is 12.4 Å². The van der Waals surface area contributed by atoms with Crippen LogP contribution in [0.2, 0.25) is 0 Å². The third-order valence-electron chi connectivity index (χ3n) is 5.49. The summed E-state index contributed by atoms with van der Waals surface area (Å²) in [5, 5.41) is 3.18. The van der Waals surface area contributed by atoms with Gasteiger partial charge >= 0.3 is 0 Å². The van der Waals surface area contributed by atoms with E-state index >= 15 is 0 Å². The predicted octanol–water partition coefficient (Wildman–Crippen LogP) is 2.62. The van der Waals surface area contributed by atoms with Crippen molar-refractivity contribution >= 4 is 18.3 Å². The Morgan fingerprint density at radius 3 is 1.89 bits per heavy atom. The Bertz CT molecular complexity index is 319.